The molecule has 1 aliphatic carbocycles. The highest BCUT2D eigenvalue weighted by Crippen LogP contribution is 2.30. The Labute approximate surface area is 92.7 Å². The van der Waals surface area contributed by atoms with Crippen molar-refractivity contribution >= 4 is 0 Å². The molecule has 82 valence electrons. The van der Waals surface area contributed by atoms with Gasteiger partial charge in [0.1, 0.15) is 0 Å². The van der Waals surface area contributed by atoms with Gasteiger partial charge in [-0.25, -0.2) is 0 Å². The normalized spacial score (nSPS) is 26.5. The molecule has 0 heterocycles. The molecule has 0 amide bonds. The van der Waals surface area contributed by atoms with Crippen LogP contribution in [0.4, 0.5) is 0 Å². The molecule has 1 aromatic carbocycles. The van der Waals surface area contributed by atoms with Crippen LogP contribution in [0.15, 0.2) is 30.3 Å². The molecule has 1 aromatic rings. The van der Waals surface area contributed by atoms with E-state index >= 15 is 0 Å². The zero-order chi connectivity index (χ0) is 10.5. The standard InChI is InChI=1S/C14H21N/c15-11-14-8-6-13(7-9-14)10-12-4-2-1-3-5-12/h1-5,13-14H,6-11,15H2/t13-,14+. The first-order chi connectivity index (χ1) is 7.38. The van der Waals surface area contributed by atoms with Crippen LogP contribution in [0, 0.1) is 11.8 Å². The second-order valence-electron chi connectivity index (χ2n) is 4.81. The summed E-state index contributed by atoms with van der Waals surface area (Å²) in [5.41, 5.74) is 7.20. The predicted octanol–water partition coefficient (Wildman–Crippen LogP) is 2.99. The average molecular weight is 203 g/mol. The topological polar surface area (TPSA) is 26.0 Å². The molecule has 0 radical (unpaired) electrons. The van der Waals surface area contributed by atoms with Gasteiger partial charge >= 0.3 is 0 Å². The minimum atomic E-state index is 0.803. The largest absolute Gasteiger partial charge is 0.330 e. The van der Waals surface area contributed by atoms with E-state index in [1.807, 2.05) is 0 Å². The highest BCUT2D eigenvalue weighted by Gasteiger charge is 2.19. The molecule has 0 aromatic heterocycles. The number of benzene rings is 1. The molecule has 1 heteroatoms. The van der Waals surface area contributed by atoms with Crippen molar-refractivity contribution in [2.24, 2.45) is 17.6 Å². The van der Waals surface area contributed by atoms with Crippen molar-refractivity contribution < 1.29 is 0 Å². The van der Waals surface area contributed by atoms with Gasteiger partial charge in [-0.1, -0.05) is 30.3 Å². The van der Waals surface area contributed by atoms with Crippen molar-refractivity contribution in [1.82, 2.24) is 0 Å². The Bertz CT molecular complexity index is 273. The van der Waals surface area contributed by atoms with Gasteiger partial charge in [0, 0.05) is 0 Å². The summed E-state index contributed by atoms with van der Waals surface area (Å²) in [5, 5.41) is 0. The summed E-state index contributed by atoms with van der Waals surface area (Å²) in [6.45, 7) is 0.887. The monoisotopic (exact) mass is 203 g/mol. The van der Waals surface area contributed by atoms with Gasteiger partial charge in [-0.15, -0.1) is 0 Å². The second-order valence-corrected chi connectivity index (χ2v) is 4.81. The van der Waals surface area contributed by atoms with E-state index in [0.29, 0.717) is 0 Å². The van der Waals surface area contributed by atoms with Crippen LogP contribution in [-0.2, 0) is 6.42 Å². The molecule has 0 saturated heterocycles. The SMILES string of the molecule is NC[C@H]1CC[C@@H](Cc2ccccc2)CC1. The van der Waals surface area contributed by atoms with Crippen molar-refractivity contribution in [3.8, 4) is 0 Å². The van der Waals surface area contributed by atoms with Crippen LogP contribution >= 0.6 is 0 Å². The maximum atomic E-state index is 5.70. The number of rotatable bonds is 3. The minimum absolute atomic E-state index is 0.803. The lowest BCUT2D eigenvalue weighted by Crippen LogP contribution is -2.22. The average Bonchev–Trinajstić information content (AvgIpc) is 2.31. The van der Waals surface area contributed by atoms with Crippen molar-refractivity contribution in [3.05, 3.63) is 35.9 Å². The highest BCUT2D eigenvalue weighted by atomic mass is 14.5. The maximum Gasteiger partial charge on any atom is -0.00489 e. The smallest absolute Gasteiger partial charge is 0.00489 e. The molecule has 0 spiro atoms. The summed E-state index contributed by atoms with van der Waals surface area (Å²) in [4.78, 5) is 0. The van der Waals surface area contributed by atoms with Crippen molar-refractivity contribution in [3.63, 3.8) is 0 Å². The van der Waals surface area contributed by atoms with Gasteiger partial charge in [0.25, 0.3) is 0 Å². The summed E-state index contributed by atoms with van der Waals surface area (Å²) in [6.07, 6.45) is 6.69. The molecule has 15 heavy (non-hydrogen) atoms. The van der Waals surface area contributed by atoms with Gasteiger partial charge in [0.05, 0.1) is 0 Å². The Balaban J connectivity index is 1.82. The van der Waals surface area contributed by atoms with Crippen LogP contribution in [0.25, 0.3) is 0 Å². The molecule has 1 fully saturated rings. The van der Waals surface area contributed by atoms with Crippen LogP contribution in [0.2, 0.25) is 0 Å². The first-order valence-electron chi connectivity index (χ1n) is 6.12. The molecule has 0 unspecified atom stereocenters. The Morgan fingerprint density at radius 2 is 1.53 bits per heavy atom. The van der Waals surface area contributed by atoms with Crippen LogP contribution < -0.4 is 5.73 Å². The number of hydrogen-bond donors (Lipinski definition) is 1. The fourth-order valence-electron chi connectivity index (χ4n) is 2.62. The number of nitrogens with two attached hydrogens (primary N) is 1. The van der Waals surface area contributed by atoms with E-state index in [9.17, 15) is 0 Å². The molecule has 1 nitrogen and oxygen atoms in total. The summed E-state index contributed by atoms with van der Waals surface area (Å²) >= 11 is 0. The third-order valence-corrected chi connectivity index (χ3v) is 3.67. The molecule has 1 aliphatic rings. The lowest BCUT2D eigenvalue weighted by molar-refractivity contribution is 0.278. The van der Waals surface area contributed by atoms with Gasteiger partial charge in [-0.05, 0) is 56.0 Å². The fraction of sp³-hybridized carbons (Fsp3) is 0.571. The van der Waals surface area contributed by atoms with Crippen molar-refractivity contribution in [2.45, 2.75) is 32.1 Å². The Kier molecular flexibility index (Phi) is 3.79. The fourth-order valence-corrected chi connectivity index (χ4v) is 2.62. The molecule has 1 saturated carbocycles. The maximum absolute atomic E-state index is 5.70. The molecule has 0 bridgehead atoms. The van der Waals surface area contributed by atoms with Gasteiger partial charge in [-0.2, -0.15) is 0 Å². The minimum Gasteiger partial charge on any atom is -0.330 e. The molecule has 2 N–H and O–H groups in total. The Hall–Kier alpha value is -0.820. The Morgan fingerprint density at radius 1 is 0.933 bits per heavy atom. The van der Waals surface area contributed by atoms with Gasteiger partial charge in [0.15, 0.2) is 0 Å². The van der Waals surface area contributed by atoms with Crippen LogP contribution in [0.5, 0.6) is 0 Å². The van der Waals surface area contributed by atoms with Crippen molar-refractivity contribution in [1.29, 1.82) is 0 Å². The molecule has 0 aliphatic heterocycles. The second kappa shape index (κ2) is 5.32. The van der Waals surface area contributed by atoms with E-state index in [1.165, 1.54) is 37.7 Å². The summed E-state index contributed by atoms with van der Waals surface area (Å²) in [5.74, 6) is 1.70. The van der Waals surface area contributed by atoms with E-state index in [4.69, 9.17) is 5.73 Å². The predicted molar refractivity (Wildman–Crippen MR) is 64.6 cm³/mol. The van der Waals surface area contributed by atoms with Crippen molar-refractivity contribution in [2.75, 3.05) is 6.54 Å². The lowest BCUT2D eigenvalue weighted by Gasteiger charge is -2.27. The van der Waals surface area contributed by atoms with Crippen LogP contribution in [0.3, 0.4) is 0 Å². The van der Waals surface area contributed by atoms with E-state index in [-0.39, 0.29) is 0 Å². The zero-order valence-corrected chi connectivity index (χ0v) is 9.36. The summed E-state index contributed by atoms with van der Waals surface area (Å²) in [6, 6.07) is 10.9. The number of hydrogen-bond acceptors (Lipinski definition) is 1. The summed E-state index contributed by atoms with van der Waals surface area (Å²) in [7, 11) is 0. The van der Waals surface area contributed by atoms with E-state index in [0.717, 1.165) is 18.4 Å². The van der Waals surface area contributed by atoms with Crippen LogP contribution in [-0.4, -0.2) is 6.54 Å². The zero-order valence-electron chi connectivity index (χ0n) is 9.36. The molecular weight excluding hydrogens is 182 g/mol. The highest BCUT2D eigenvalue weighted by molar-refractivity contribution is 5.15. The quantitative estimate of drug-likeness (QED) is 0.803. The lowest BCUT2D eigenvalue weighted by atomic mass is 9.79. The Morgan fingerprint density at radius 3 is 2.13 bits per heavy atom. The van der Waals surface area contributed by atoms with Gasteiger partial charge in [0.2, 0.25) is 0 Å². The molecule has 2 rings (SSSR count). The van der Waals surface area contributed by atoms with E-state index in [2.05, 4.69) is 30.3 Å². The van der Waals surface area contributed by atoms with Gasteiger partial charge in [-0.3, -0.25) is 0 Å². The first-order valence-corrected chi connectivity index (χ1v) is 6.12. The van der Waals surface area contributed by atoms with Gasteiger partial charge < -0.3 is 5.73 Å². The van der Waals surface area contributed by atoms with E-state index in [1.54, 1.807) is 0 Å². The molecule has 0 atom stereocenters. The third-order valence-electron chi connectivity index (χ3n) is 3.67. The van der Waals surface area contributed by atoms with Crippen LogP contribution in [0.1, 0.15) is 31.2 Å². The first kappa shape index (κ1) is 10.7. The molecular formula is C14H21N. The van der Waals surface area contributed by atoms with E-state index < -0.39 is 0 Å². The summed E-state index contributed by atoms with van der Waals surface area (Å²) < 4.78 is 0. The third kappa shape index (κ3) is 3.07.